The molecule has 0 radical (unpaired) electrons. The van der Waals surface area contributed by atoms with Crippen LogP contribution in [0.2, 0.25) is 0 Å². The molecule has 0 aliphatic carbocycles. The van der Waals surface area contributed by atoms with Crippen LogP contribution in [0.3, 0.4) is 0 Å². The monoisotopic (exact) mass is 236 g/mol. The Morgan fingerprint density at radius 1 is 1.33 bits per heavy atom. The van der Waals surface area contributed by atoms with Gasteiger partial charge < -0.3 is 4.74 Å². The molecule has 0 unspecified atom stereocenters. The summed E-state index contributed by atoms with van der Waals surface area (Å²) >= 11 is 3.26. The van der Waals surface area contributed by atoms with Crippen LogP contribution in [-0.2, 0) is 9.53 Å². The third kappa shape index (κ3) is 8.05. The van der Waals surface area contributed by atoms with Gasteiger partial charge in [-0.15, -0.1) is 0 Å². The van der Waals surface area contributed by atoms with Crippen molar-refractivity contribution in [1.29, 1.82) is 0 Å². The highest BCUT2D eigenvalue weighted by molar-refractivity contribution is 9.09. The fourth-order valence-corrected chi connectivity index (χ4v) is 1.10. The highest BCUT2D eigenvalue weighted by Crippen LogP contribution is 1.99. The second-order valence-corrected chi connectivity index (χ2v) is 3.51. The molecule has 0 bridgehead atoms. The Labute approximate surface area is 82.8 Å². The minimum atomic E-state index is -0.0643. The summed E-state index contributed by atoms with van der Waals surface area (Å²) in [6.45, 7) is 2.72. The van der Waals surface area contributed by atoms with Gasteiger partial charge >= 0.3 is 5.97 Å². The van der Waals surface area contributed by atoms with E-state index >= 15 is 0 Å². The molecule has 0 fully saturated rings. The van der Waals surface area contributed by atoms with E-state index in [9.17, 15) is 4.79 Å². The zero-order chi connectivity index (χ0) is 9.23. The molecule has 0 atom stereocenters. The molecule has 0 saturated heterocycles. The average molecular weight is 237 g/mol. The molecule has 0 aliphatic rings. The molecule has 0 aromatic carbocycles. The lowest BCUT2D eigenvalue weighted by molar-refractivity contribution is -0.143. The largest absolute Gasteiger partial charge is 0.466 e. The minimum Gasteiger partial charge on any atom is -0.466 e. The SMILES string of the molecule is CCCCCOC(=O)CCCBr. The topological polar surface area (TPSA) is 26.3 Å². The van der Waals surface area contributed by atoms with Crippen molar-refractivity contribution in [3.8, 4) is 0 Å². The van der Waals surface area contributed by atoms with Crippen molar-refractivity contribution in [3.05, 3.63) is 0 Å². The zero-order valence-corrected chi connectivity index (χ0v) is 9.23. The summed E-state index contributed by atoms with van der Waals surface area (Å²) in [5.41, 5.74) is 0. The summed E-state index contributed by atoms with van der Waals surface area (Å²) in [7, 11) is 0. The van der Waals surface area contributed by atoms with E-state index in [0.29, 0.717) is 13.0 Å². The second kappa shape index (κ2) is 9.04. The lowest BCUT2D eigenvalue weighted by Gasteiger charge is -2.02. The highest BCUT2D eigenvalue weighted by atomic mass is 79.9. The van der Waals surface area contributed by atoms with E-state index in [2.05, 4.69) is 22.9 Å². The number of carbonyl (C=O) groups is 1. The molecule has 2 nitrogen and oxygen atoms in total. The molecule has 0 saturated carbocycles. The van der Waals surface area contributed by atoms with Gasteiger partial charge in [0, 0.05) is 11.8 Å². The number of halogens is 1. The second-order valence-electron chi connectivity index (χ2n) is 2.72. The fourth-order valence-electron chi connectivity index (χ4n) is 0.821. The predicted molar refractivity (Wildman–Crippen MR) is 53.5 cm³/mol. The standard InChI is InChI=1S/C9H17BrO2/c1-2-3-4-8-12-9(11)6-5-7-10/h2-8H2,1H3. The van der Waals surface area contributed by atoms with Crippen molar-refractivity contribution in [2.75, 3.05) is 11.9 Å². The van der Waals surface area contributed by atoms with E-state index in [1.54, 1.807) is 0 Å². The molecule has 0 spiro atoms. The van der Waals surface area contributed by atoms with E-state index in [1.165, 1.54) is 6.42 Å². The van der Waals surface area contributed by atoms with E-state index < -0.39 is 0 Å². The van der Waals surface area contributed by atoms with Crippen LogP contribution in [0.25, 0.3) is 0 Å². The van der Waals surface area contributed by atoms with Crippen LogP contribution in [-0.4, -0.2) is 17.9 Å². The molecule has 72 valence electrons. The van der Waals surface area contributed by atoms with Gasteiger partial charge in [-0.3, -0.25) is 4.79 Å². The van der Waals surface area contributed by atoms with Gasteiger partial charge in [-0.25, -0.2) is 0 Å². The zero-order valence-electron chi connectivity index (χ0n) is 7.64. The Hall–Kier alpha value is -0.0500. The van der Waals surface area contributed by atoms with Gasteiger partial charge in [0.2, 0.25) is 0 Å². The third-order valence-corrected chi connectivity index (χ3v) is 2.09. The predicted octanol–water partition coefficient (Wildman–Crippen LogP) is 2.89. The molecule has 0 aromatic rings. The summed E-state index contributed by atoms with van der Waals surface area (Å²) < 4.78 is 4.99. The van der Waals surface area contributed by atoms with Crippen molar-refractivity contribution in [2.24, 2.45) is 0 Å². The quantitative estimate of drug-likeness (QED) is 0.386. The summed E-state index contributed by atoms with van der Waals surface area (Å²) in [4.78, 5) is 10.9. The molecule has 3 heteroatoms. The third-order valence-electron chi connectivity index (χ3n) is 1.53. The van der Waals surface area contributed by atoms with Crippen LogP contribution >= 0.6 is 15.9 Å². The van der Waals surface area contributed by atoms with Crippen LogP contribution < -0.4 is 0 Å². The first kappa shape index (κ1) is 11.9. The van der Waals surface area contributed by atoms with Crippen LogP contribution in [0.4, 0.5) is 0 Å². The van der Waals surface area contributed by atoms with Gasteiger partial charge in [-0.1, -0.05) is 35.7 Å². The maximum atomic E-state index is 10.9. The van der Waals surface area contributed by atoms with Gasteiger partial charge in [-0.2, -0.15) is 0 Å². The maximum Gasteiger partial charge on any atom is 0.305 e. The van der Waals surface area contributed by atoms with Crippen molar-refractivity contribution in [2.45, 2.75) is 39.0 Å². The van der Waals surface area contributed by atoms with Crippen LogP contribution in [0, 0.1) is 0 Å². The summed E-state index contributed by atoms with van der Waals surface area (Å²) in [6, 6.07) is 0. The van der Waals surface area contributed by atoms with Crippen LogP contribution in [0.5, 0.6) is 0 Å². The smallest absolute Gasteiger partial charge is 0.305 e. The van der Waals surface area contributed by atoms with Gasteiger partial charge in [0.05, 0.1) is 6.61 Å². The first-order valence-corrected chi connectivity index (χ1v) is 5.65. The van der Waals surface area contributed by atoms with Crippen LogP contribution in [0.1, 0.15) is 39.0 Å². The molecular weight excluding hydrogens is 220 g/mol. The number of hydrogen-bond donors (Lipinski definition) is 0. The lowest BCUT2D eigenvalue weighted by atomic mass is 10.3. The number of hydrogen-bond acceptors (Lipinski definition) is 2. The Balaban J connectivity index is 3.08. The first-order valence-electron chi connectivity index (χ1n) is 4.52. The van der Waals surface area contributed by atoms with Gasteiger partial charge in [0.15, 0.2) is 0 Å². The summed E-state index contributed by atoms with van der Waals surface area (Å²) in [5.74, 6) is -0.0643. The molecule has 12 heavy (non-hydrogen) atoms. The van der Waals surface area contributed by atoms with Crippen LogP contribution in [0.15, 0.2) is 0 Å². The van der Waals surface area contributed by atoms with Gasteiger partial charge in [0.1, 0.15) is 0 Å². The molecular formula is C9H17BrO2. The Kier molecular flexibility index (Phi) is 9.00. The Bertz CT molecular complexity index is 115. The number of unbranched alkanes of at least 4 members (excludes halogenated alkanes) is 2. The Morgan fingerprint density at radius 3 is 2.67 bits per heavy atom. The first-order chi connectivity index (χ1) is 5.81. The molecule has 0 N–H and O–H groups in total. The molecule has 0 aromatic heterocycles. The van der Waals surface area contributed by atoms with E-state index in [4.69, 9.17) is 4.74 Å². The lowest BCUT2D eigenvalue weighted by Crippen LogP contribution is -2.05. The van der Waals surface area contributed by atoms with Gasteiger partial charge in [-0.05, 0) is 12.8 Å². The van der Waals surface area contributed by atoms with Crippen molar-refractivity contribution < 1.29 is 9.53 Å². The van der Waals surface area contributed by atoms with E-state index in [1.807, 2.05) is 0 Å². The Morgan fingerprint density at radius 2 is 2.08 bits per heavy atom. The maximum absolute atomic E-state index is 10.9. The van der Waals surface area contributed by atoms with Gasteiger partial charge in [0.25, 0.3) is 0 Å². The number of alkyl halides is 1. The van der Waals surface area contributed by atoms with E-state index in [-0.39, 0.29) is 5.97 Å². The van der Waals surface area contributed by atoms with Crippen molar-refractivity contribution >= 4 is 21.9 Å². The molecule has 0 rings (SSSR count). The summed E-state index contributed by atoms with van der Waals surface area (Å²) in [5, 5.41) is 0.872. The molecule has 0 amide bonds. The van der Waals surface area contributed by atoms with E-state index in [0.717, 1.165) is 24.6 Å². The highest BCUT2D eigenvalue weighted by Gasteiger charge is 2.00. The van der Waals surface area contributed by atoms with Crippen molar-refractivity contribution in [1.82, 2.24) is 0 Å². The molecule has 0 aliphatic heterocycles. The number of carbonyl (C=O) groups excluding carboxylic acids is 1. The van der Waals surface area contributed by atoms with Crippen molar-refractivity contribution in [3.63, 3.8) is 0 Å². The fraction of sp³-hybridized carbons (Fsp3) is 0.889. The molecule has 0 heterocycles. The number of rotatable bonds is 7. The number of esters is 1. The normalized spacial score (nSPS) is 9.83. The minimum absolute atomic E-state index is 0.0643. The average Bonchev–Trinajstić information content (AvgIpc) is 2.09. The summed E-state index contributed by atoms with van der Waals surface area (Å²) in [6.07, 6.45) is 4.71. The number of ether oxygens (including phenoxy) is 1.